The molecule has 0 aliphatic rings. The summed E-state index contributed by atoms with van der Waals surface area (Å²) in [5, 5.41) is 0. The summed E-state index contributed by atoms with van der Waals surface area (Å²) in [7, 11) is 1.65. The first kappa shape index (κ1) is 13.3. The van der Waals surface area contributed by atoms with Crippen LogP contribution in [0.25, 0.3) is 11.0 Å². The van der Waals surface area contributed by atoms with Crippen molar-refractivity contribution in [2.24, 2.45) is 7.05 Å². The summed E-state index contributed by atoms with van der Waals surface area (Å²) in [5.41, 5.74) is 2.23. The van der Waals surface area contributed by atoms with Gasteiger partial charge >= 0.3 is 5.69 Å². The van der Waals surface area contributed by atoms with Gasteiger partial charge in [-0.2, -0.15) is 0 Å². The smallest absolute Gasteiger partial charge is 0.295 e. The highest BCUT2D eigenvalue weighted by Gasteiger charge is 2.11. The van der Waals surface area contributed by atoms with E-state index in [1.807, 2.05) is 31.2 Å². The van der Waals surface area contributed by atoms with E-state index in [2.05, 4.69) is 4.98 Å². The SMILES string of the molecule is Cc1ccc(Cn2c(=O)c3ncccc3n(C)c2=O)cc1. The van der Waals surface area contributed by atoms with Crippen molar-refractivity contribution in [2.45, 2.75) is 13.5 Å². The van der Waals surface area contributed by atoms with Crippen LogP contribution in [-0.2, 0) is 13.6 Å². The predicted octanol–water partition coefficient (Wildman–Crippen LogP) is 1.45. The third-order valence-corrected chi connectivity index (χ3v) is 3.57. The monoisotopic (exact) mass is 281 g/mol. The fourth-order valence-electron chi connectivity index (χ4n) is 2.35. The zero-order chi connectivity index (χ0) is 15.0. The van der Waals surface area contributed by atoms with Crippen molar-refractivity contribution < 1.29 is 0 Å². The molecule has 0 radical (unpaired) electrons. The number of rotatable bonds is 2. The number of aryl methyl sites for hydroxylation is 2. The van der Waals surface area contributed by atoms with Gasteiger partial charge in [-0.15, -0.1) is 0 Å². The maximum absolute atomic E-state index is 12.5. The highest BCUT2D eigenvalue weighted by molar-refractivity contribution is 5.72. The van der Waals surface area contributed by atoms with Crippen LogP contribution in [-0.4, -0.2) is 14.1 Å². The standard InChI is InChI=1S/C16H15N3O2/c1-11-5-7-12(8-6-11)10-19-15(20)14-13(4-3-9-17-14)18(2)16(19)21/h3-9H,10H2,1-2H3. The van der Waals surface area contributed by atoms with Crippen molar-refractivity contribution in [2.75, 3.05) is 0 Å². The van der Waals surface area contributed by atoms with E-state index in [1.165, 1.54) is 9.13 Å². The minimum atomic E-state index is -0.353. The number of aromatic nitrogens is 3. The molecule has 106 valence electrons. The molecule has 0 N–H and O–H groups in total. The largest absolute Gasteiger partial charge is 0.331 e. The molecule has 3 aromatic rings. The van der Waals surface area contributed by atoms with E-state index < -0.39 is 0 Å². The second-order valence-electron chi connectivity index (χ2n) is 5.09. The molecular formula is C16H15N3O2. The molecule has 0 fully saturated rings. The van der Waals surface area contributed by atoms with Gasteiger partial charge in [0.05, 0.1) is 12.1 Å². The summed E-state index contributed by atoms with van der Waals surface area (Å²) in [4.78, 5) is 28.9. The van der Waals surface area contributed by atoms with E-state index >= 15 is 0 Å². The lowest BCUT2D eigenvalue weighted by atomic mass is 10.1. The summed E-state index contributed by atoms with van der Waals surface area (Å²) >= 11 is 0. The summed E-state index contributed by atoms with van der Waals surface area (Å²) in [6.45, 7) is 2.24. The number of nitrogens with zero attached hydrogens (tertiary/aromatic N) is 3. The fraction of sp³-hybridized carbons (Fsp3) is 0.188. The number of pyridine rings is 1. The molecule has 0 unspecified atom stereocenters. The van der Waals surface area contributed by atoms with Crippen LogP contribution in [0.2, 0.25) is 0 Å². The predicted molar refractivity (Wildman–Crippen MR) is 81.5 cm³/mol. The third-order valence-electron chi connectivity index (χ3n) is 3.57. The topological polar surface area (TPSA) is 56.9 Å². The van der Waals surface area contributed by atoms with Gasteiger partial charge in [0, 0.05) is 13.2 Å². The van der Waals surface area contributed by atoms with Crippen LogP contribution >= 0.6 is 0 Å². The van der Waals surface area contributed by atoms with E-state index in [0.29, 0.717) is 11.0 Å². The minimum Gasteiger partial charge on any atom is -0.295 e. The summed E-state index contributed by atoms with van der Waals surface area (Å²) in [6.07, 6.45) is 1.56. The maximum Gasteiger partial charge on any atom is 0.331 e. The molecule has 0 aliphatic heterocycles. The van der Waals surface area contributed by atoms with E-state index in [9.17, 15) is 9.59 Å². The first-order valence-electron chi connectivity index (χ1n) is 6.68. The fourth-order valence-corrected chi connectivity index (χ4v) is 2.35. The van der Waals surface area contributed by atoms with E-state index in [4.69, 9.17) is 0 Å². The molecule has 5 heteroatoms. The quantitative estimate of drug-likeness (QED) is 0.714. The van der Waals surface area contributed by atoms with Crippen LogP contribution in [0.4, 0.5) is 0 Å². The molecule has 3 rings (SSSR count). The van der Waals surface area contributed by atoms with Crippen molar-refractivity contribution in [3.63, 3.8) is 0 Å². The summed E-state index contributed by atoms with van der Waals surface area (Å²) in [5.74, 6) is 0. The van der Waals surface area contributed by atoms with Gasteiger partial charge in [-0.25, -0.2) is 9.78 Å². The molecule has 0 amide bonds. The van der Waals surface area contributed by atoms with E-state index in [0.717, 1.165) is 11.1 Å². The normalized spacial score (nSPS) is 11.0. The Bertz CT molecular complexity index is 921. The molecule has 21 heavy (non-hydrogen) atoms. The Morgan fingerprint density at radius 3 is 2.52 bits per heavy atom. The van der Waals surface area contributed by atoms with Crippen molar-refractivity contribution >= 4 is 11.0 Å². The lowest BCUT2D eigenvalue weighted by Gasteiger charge is -2.10. The molecule has 1 aromatic carbocycles. The summed E-state index contributed by atoms with van der Waals surface area (Å²) < 4.78 is 2.68. The molecule has 2 heterocycles. The average Bonchev–Trinajstić information content (AvgIpc) is 2.51. The van der Waals surface area contributed by atoms with Gasteiger partial charge in [-0.05, 0) is 24.6 Å². The van der Waals surface area contributed by atoms with Crippen LogP contribution in [0.15, 0.2) is 52.2 Å². The molecule has 0 saturated carbocycles. The van der Waals surface area contributed by atoms with Gasteiger partial charge in [-0.3, -0.25) is 13.9 Å². The molecule has 0 saturated heterocycles. The highest BCUT2D eigenvalue weighted by atomic mass is 16.2. The van der Waals surface area contributed by atoms with Gasteiger partial charge in [0.2, 0.25) is 0 Å². The van der Waals surface area contributed by atoms with Gasteiger partial charge < -0.3 is 0 Å². The Morgan fingerprint density at radius 2 is 1.81 bits per heavy atom. The van der Waals surface area contributed by atoms with Crippen LogP contribution < -0.4 is 11.2 Å². The number of fused-ring (bicyclic) bond motifs is 1. The highest BCUT2D eigenvalue weighted by Crippen LogP contribution is 2.06. The average molecular weight is 281 g/mol. The minimum absolute atomic E-state index is 0.248. The second kappa shape index (κ2) is 5.01. The molecule has 0 aliphatic carbocycles. The van der Waals surface area contributed by atoms with Gasteiger partial charge in [0.1, 0.15) is 0 Å². The molecular weight excluding hydrogens is 266 g/mol. The molecule has 0 spiro atoms. The van der Waals surface area contributed by atoms with Gasteiger partial charge in [0.25, 0.3) is 5.56 Å². The Morgan fingerprint density at radius 1 is 1.10 bits per heavy atom. The van der Waals surface area contributed by atoms with Crippen molar-refractivity contribution in [3.8, 4) is 0 Å². The lowest BCUT2D eigenvalue weighted by molar-refractivity contribution is 0.658. The molecule has 2 aromatic heterocycles. The maximum atomic E-state index is 12.5. The Hall–Kier alpha value is -2.69. The Labute approximate surface area is 121 Å². The first-order valence-corrected chi connectivity index (χ1v) is 6.68. The number of hydrogen-bond donors (Lipinski definition) is 0. The Kier molecular flexibility index (Phi) is 3.17. The first-order chi connectivity index (χ1) is 10.1. The van der Waals surface area contributed by atoms with Crippen molar-refractivity contribution in [3.05, 3.63) is 74.6 Å². The van der Waals surface area contributed by atoms with Crippen molar-refractivity contribution in [1.82, 2.24) is 14.1 Å². The zero-order valence-corrected chi connectivity index (χ0v) is 11.9. The molecule has 5 nitrogen and oxygen atoms in total. The molecule has 0 atom stereocenters. The summed E-state index contributed by atoms with van der Waals surface area (Å²) in [6, 6.07) is 11.2. The lowest BCUT2D eigenvalue weighted by Crippen LogP contribution is -2.39. The van der Waals surface area contributed by atoms with Gasteiger partial charge in [-0.1, -0.05) is 29.8 Å². The number of benzene rings is 1. The zero-order valence-electron chi connectivity index (χ0n) is 11.9. The van der Waals surface area contributed by atoms with Crippen LogP contribution in [0.1, 0.15) is 11.1 Å². The molecule has 0 bridgehead atoms. The van der Waals surface area contributed by atoms with Crippen LogP contribution in [0.3, 0.4) is 0 Å². The third kappa shape index (κ3) is 2.27. The van der Waals surface area contributed by atoms with Gasteiger partial charge in [0.15, 0.2) is 5.52 Å². The van der Waals surface area contributed by atoms with Crippen LogP contribution in [0, 0.1) is 6.92 Å². The number of hydrogen-bond acceptors (Lipinski definition) is 3. The van der Waals surface area contributed by atoms with Crippen molar-refractivity contribution in [1.29, 1.82) is 0 Å². The second-order valence-corrected chi connectivity index (χ2v) is 5.09. The Balaban J connectivity index is 2.21. The van der Waals surface area contributed by atoms with E-state index in [1.54, 1.807) is 25.4 Å². The van der Waals surface area contributed by atoms with Crippen LogP contribution in [0.5, 0.6) is 0 Å². The van der Waals surface area contributed by atoms with E-state index in [-0.39, 0.29) is 17.8 Å².